The van der Waals surface area contributed by atoms with Crippen LogP contribution in [-0.4, -0.2) is 46.3 Å². The van der Waals surface area contributed by atoms with Gasteiger partial charge >= 0.3 is 12.0 Å². The lowest BCUT2D eigenvalue weighted by Crippen LogP contribution is -2.44. The second-order valence-corrected chi connectivity index (χ2v) is 5.10. The van der Waals surface area contributed by atoms with Crippen LogP contribution in [0.5, 0.6) is 0 Å². The number of anilines is 1. The largest absolute Gasteiger partial charge is 0.478 e. The number of halogens is 1. The van der Waals surface area contributed by atoms with Gasteiger partial charge in [-0.25, -0.2) is 9.59 Å². The molecule has 0 spiro atoms. The van der Waals surface area contributed by atoms with Gasteiger partial charge in [0.05, 0.1) is 17.4 Å². The Hall–Kier alpha value is -1.79. The Morgan fingerprint density at radius 3 is 2.80 bits per heavy atom. The third-order valence-corrected chi connectivity index (χ3v) is 3.37. The number of β-amino-alcohol motifs (C(OH)–C–C–N with tert-alkyl or cyclic N) is 1. The van der Waals surface area contributed by atoms with Gasteiger partial charge in [-0.1, -0.05) is 11.6 Å². The van der Waals surface area contributed by atoms with Crippen molar-refractivity contribution in [3.63, 3.8) is 0 Å². The van der Waals surface area contributed by atoms with Crippen molar-refractivity contribution < 1.29 is 19.8 Å². The molecule has 2 rings (SSSR count). The molecule has 2 amide bonds. The Morgan fingerprint density at radius 1 is 1.40 bits per heavy atom. The van der Waals surface area contributed by atoms with Gasteiger partial charge in [-0.15, -0.1) is 0 Å². The van der Waals surface area contributed by atoms with Gasteiger partial charge in [0, 0.05) is 18.1 Å². The number of nitrogens with one attached hydrogen (secondary N) is 1. The fourth-order valence-corrected chi connectivity index (χ4v) is 2.31. The summed E-state index contributed by atoms with van der Waals surface area (Å²) in [6.45, 7) is 0.792. The molecule has 6 nitrogen and oxygen atoms in total. The smallest absolute Gasteiger partial charge is 0.337 e. The van der Waals surface area contributed by atoms with Crippen molar-refractivity contribution in [2.24, 2.45) is 0 Å². The molecular weight excluding hydrogens is 284 g/mol. The summed E-state index contributed by atoms with van der Waals surface area (Å²) in [6.07, 6.45) is 0.866. The molecule has 3 N–H and O–H groups in total. The van der Waals surface area contributed by atoms with Crippen molar-refractivity contribution in [1.82, 2.24) is 4.90 Å². The number of aliphatic hydroxyl groups is 1. The highest BCUT2D eigenvalue weighted by Gasteiger charge is 2.23. The lowest BCUT2D eigenvalue weighted by Gasteiger charge is -2.30. The molecule has 108 valence electrons. The first-order chi connectivity index (χ1) is 9.47. The molecule has 1 heterocycles. The van der Waals surface area contributed by atoms with E-state index in [1.54, 1.807) is 0 Å². The highest BCUT2D eigenvalue weighted by molar-refractivity contribution is 6.31. The number of hydrogen-bond donors (Lipinski definition) is 3. The lowest BCUT2D eigenvalue weighted by atomic mass is 10.1. The van der Waals surface area contributed by atoms with E-state index in [4.69, 9.17) is 16.7 Å². The summed E-state index contributed by atoms with van der Waals surface area (Å²) in [5.74, 6) is -1.17. The zero-order valence-electron chi connectivity index (χ0n) is 10.7. The quantitative estimate of drug-likeness (QED) is 0.779. The Labute approximate surface area is 121 Å². The number of carbonyl (C=O) groups excluding carboxylic acids is 1. The molecule has 1 unspecified atom stereocenters. The van der Waals surface area contributed by atoms with Crippen LogP contribution in [-0.2, 0) is 0 Å². The first-order valence-electron chi connectivity index (χ1n) is 6.24. The number of rotatable bonds is 2. The molecule has 1 aromatic rings. The summed E-state index contributed by atoms with van der Waals surface area (Å²) in [5.41, 5.74) is 0.121. The minimum Gasteiger partial charge on any atom is -0.478 e. The van der Waals surface area contributed by atoms with Crippen LogP contribution in [0.4, 0.5) is 10.5 Å². The molecule has 0 radical (unpaired) electrons. The lowest BCUT2D eigenvalue weighted by molar-refractivity contribution is 0.0697. The number of aliphatic hydroxyl groups excluding tert-OH is 1. The summed E-state index contributed by atoms with van der Waals surface area (Å²) in [4.78, 5) is 24.6. The van der Waals surface area contributed by atoms with E-state index in [1.165, 1.54) is 23.1 Å². The van der Waals surface area contributed by atoms with E-state index < -0.39 is 18.1 Å². The van der Waals surface area contributed by atoms with Crippen LogP contribution < -0.4 is 5.32 Å². The van der Waals surface area contributed by atoms with E-state index in [0.717, 1.165) is 6.42 Å². The molecule has 1 aliphatic heterocycles. The summed E-state index contributed by atoms with van der Waals surface area (Å²) in [5, 5.41) is 21.5. The molecule has 1 saturated heterocycles. The molecular formula is C13H15ClN2O4. The van der Waals surface area contributed by atoms with Gasteiger partial charge in [0.2, 0.25) is 0 Å². The number of carbonyl (C=O) groups is 2. The molecule has 1 aliphatic rings. The van der Waals surface area contributed by atoms with Crippen LogP contribution in [0.1, 0.15) is 23.2 Å². The maximum Gasteiger partial charge on any atom is 0.337 e. The van der Waals surface area contributed by atoms with Crippen LogP contribution in [0.2, 0.25) is 5.02 Å². The monoisotopic (exact) mass is 298 g/mol. The Bertz CT molecular complexity index is 535. The first kappa shape index (κ1) is 14.6. The molecule has 0 bridgehead atoms. The van der Waals surface area contributed by atoms with Crippen LogP contribution in [0, 0.1) is 0 Å². The number of amides is 2. The predicted molar refractivity (Wildman–Crippen MR) is 74.2 cm³/mol. The van der Waals surface area contributed by atoms with Crippen LogP contribution in [0.15, 0.2) is 18.2 Å². The standard InChI is InChI=1S/C13H15ClN2O4/c14-8-3-4-11(10(6-8)12(18)19)15-13(20)16-5-1-2-9(17)7-16/h3-4,6,9,17H,1-2,5,7H2,(H,15,20)(H,18,19). The molecule has 1 fully saturated rings. The normalized spacial score (nSPS) is 18.7. The number of hydrogen-bond acceptors (Lipinski definition) is 3. The SMILES string of the molecule is O=C(O)c1cc(Cl)ccc1NC(=O)N1CCCC(O)C1. The van der Waals surface area contributed by atoms with E-state index in [1.807, 2.05) is 0 Å². The number of benzene rings is 1. The highest BCUT2D eigenvalue weighted by Crippen LogP contribution is 2.21. The van der Waals surface area contributed by atoms with Crippen molar-refractivity contribution >= 4 is 29.3 Å². The van der Waals surface area contributed by atoms with Crippen molar-refractivity contribution in [2.75, 3.05) is 18.4 Å². The Morgan fingerprint density at radius 2 is 2.15 bits per heavy atom. The van der Waals surface area contributed by atoms with Crippen LogP contribution >= 0.6 is 11.6 Å². The zero-order chi connectivity index (χ0) is 14.7. The van der Waals surface area contributed by atoms with Gasteiger partial charge in [0.1, 0.15) is 0 Å². The third kappa shape index (κ3) is 3.40. The number of nitrogens with zero attached hydrogens (tertiary/aromatic N) is 1. The van der Waals surface area contributed by atoms with Gasteiger partial charge in [-0.2, -0.15) is 0 Å². The molecule has 0 saturated carbocycles. The number of likely N-dealkylation sites (tertiary alicyclic amines) is 1. The summed E-state index contributed by atoms with van der Waals surface area (Å²) in [6, 6.07) is 3.82. The van der Waals surface area contributed by atoms with Crippen molar-refractivity contribution in [1.29, 1.82) is 0 Å². The fraction of sp³-hybridized carbons (Fsp3) is 0.385. The van der Waals surface area contributed by atoms with Gasteiger partial charge in [-0.05, 0) is 31.0 Å². The van der Waals surface area contributed by atoms with E-state index >= 15 is 0 Å². The van der Waals surface area contributed by atoms with E-state index in [-0.39, 0.29) is 22.8 Å². The van der Waals surface area contributed by atoms with Gasteiger partial charge in [-0.3, -0.25) is 0 Å². The van der Waals surface area contributed by atoms with E-state index in [9.17, 15) is 14.7 Å². The molecule has 0 aromatic heterocycles. The number of aromatic carboxylic acids is 1. The third-order valence-electron chi connectivity index (χ3n) is 3.14. The highest BCUT2D eigenvalue weighted by atomic mass is 35.5. The maximum atomic E-state index is 12.1. The minimum absolute atomic E-state index is 0.0663. The maximum absolute atomic E-state index is 12.1. The average molecular weight is 299 g/mol. The van der Waals surface area contributed by atoms with Gasteiger partial charge < -0.3 is 20.4 Å². The number of urea groups is 1. The fourth-order valence-electron chi connectivity index (χ4n) is 2.14. The average Bonchev–Trinajstić information content (AvgIpc) is 2.40. The van der Waals surface area contributed by atoms with Gasteiger partial charge in [0.25, 0.3) is 0 Å². The Kier molecular flexibility index (Phi) is 4.46. The van der Waals surface area contributed by atoms with Crippen LogP contribution in [0.25, 0.3) is 0 Å². The topological polar surface area (TPSA) is 89.9 Å². The van der Waals surface area contributed by atoms with Crippen molar-refractivity contribution in [3.8, 4) is 0 Å². The first-order valence-corrected chi connectivity index (χ1v) is 6.62. The summed E-state index contributed by atoms with van der Waals surface area (Å²) >= 11 is 5.75. The van der Waals surface area contributed by atoms with Crippen molar-refractivity contribution in [3.05, 3.63) is 28.8 Å². The number of carboxylic acids is 1. The molecule has 0 aliphatic carbocycles. The van der Waals surface area contributed by atoms with E-state index in [2.05, 4.69) is 5.32 Å². The zero-order valence-corrected chi connectivity index (χ0v) is 11.4. The van der Waals surface area contributed by atoms with E-state index in [0.29, 0.717) is 13.0 Å². The molecule has 7 heteroatoms. The molecule has 20 heavy (non-hydrogen) atoms. The number of carboxylic acid groups (broad SMARTS) is 1. The van der Waals surface area contributed by atoms with Crippen molar-refractivity contribution in [2.45, 2.75) is 18.9 Å². The second kappa shape index (κ2) is 6.11. The minimum atomic E-state index is -1.17. The molecule has 1 atom stereocenters. The summed E-state index contributed by atoms with van der Waals surface area (Å²) < 4.78 is 0. The number of piperidine rings is 1. The predicted octanol–water partition coefficient (Wildman–Crippen LogP) is 2.03. The summed E-state index contributed by atoms with van der Waals surface area (Å²) in [7, 11) is 0. The molecule has 1 aromatic carbocycles. The van der Waals surface area contributed by atoms with Crippen LogP contribution in [0.3, 0.4) is 0 Å². The second-order valence-electron chi connectivity index (χ2n) is 4.67. The van der Waals surface area contributed by atoms with Gasteiger partial charge in [0.15, 0.2) is 0 Å². The Balaban J connectivity index is 2.13.